The molecule has 0 amide bonds. The highest BCUT2D eigenvalue weighted by atomic mass is 16.4. The molecule has 106 valence electrons. The first-order chi connectivity index (χ1) is 8.86. The Morgan fingerprint density at radius 3 is 1.84 bits per heavy atom. The SMILES string of the molecule is O=C(O)CCC(=O)O.OCCc1ccc(O)c(O)c1. The molecule has 0 radical (unpaired) electrons. The van der Waals surface area contributed by atoms with Gasteiger partial charge in [0.15, 0.2) is 11.5 Å². The van der Waals surface area contributed by atoms with E-state index in [0.29, 0.717) is 6.42 Å². The van der Waals surface area contributed by atoms with Crippen LogP contribution in [0.15, 0.2) is 18.2 Å². The summed E-state index contributed by atoms with van der Waals surface area (Å²) >= 11 is 0. The van der Waals surface area contributed by atoms with Crippen LogP contribution in [0.2, 0.25) is 0 Å². The van der Waals surface area contributed by atoms with Gasteiger partial charge in [0.25, 0.3) is 0 Å². The van der Waals surface area contributed by atoms with Crippen molar-refractivity contribution in [3.8, 4) is 11.5 Å². The second-order valence-corrected chi connectivity index (χ2v) is 3.58. The predicted molar refractivity (Wildman–Crippen MR) is 65.1 cm³/mol. The van der Waals surface area contributed by atoms with Crippen molar-refractivity contribution in [2.24, 2.45) is 0 Å². The van der Waals surface area contributed by atoms with Crippen LogP contribution < -0.4 is 0 Å². The molecule has 1 aromatic rings. The Morgan fingerprint density at radius 1 is 0.947 bits per heavy atom. The number of rotatable bonds is 5. The fourth-order valence-corrected chi connectivity index (χ4v) is 1.07. The van der Waals surface area contributed by atoms with Crippen molar-refractivity contribution in [2.75, 3.05) is 6.61 Å². The molecular weight excluding hydrogens is 256 g/mol. The van der Waals surface area contributed by atoms with Crippen molar-refractivity contribution in [2.45, 2.75) is 19.3 Å². The first kappa shape index (κ1) is 16.7. The zero-order chi connectivity index (χ0) is 14.8. The number of aliphatic carboxylic acids is 2. The summed E-state index contributed by atoms with van der Waals surface area (Å²) < 4.78 is 0. The van der Waals surface area contributed by atoms with Crippen LogP contribution in [0.1, 0.15) is 18.4 Å². The summed E-state index contributed by atoms with van der Waals surface area (Å²) in [6.07, 6.45) is -0.0987. The first-order valence-electron chi connectivity index (χ1n) is 5.42. The lowest BCUT2D eigenvalue weighted by atomic mass is 10.1. The Bertz CT molecular complexity index is 414. The van der Waals surface area contributed by atoms with Gasteiger partial charge in [-0.1, -0.05) is 6.07 Å². The van der Waals surface area contributed by atoms with E-state index in [-0.39, 0.29) is 30.9 Å². The third-order valence-corrected chi connectivity index (χ3v) is 1.99. The summed E-state index contributed by atoms with van der Waals surface area (Å²) in [5.74, 6) is -2.43. The molecule has 5 N–H and O–H groups in total. The monoisotopic (exact) mass is 272 g/mol. The summed E-state index contributed by atoms with van der Waals surface area (Å²) in [5.41, 5.74) is 0.808. The number of benzene rings is 1. The van der Waals surface area contributed by atoms with Gasteiger partial charge in [-0.3, -0.25) is 9.59 Å². The summed E-state index contributed by atoms with van der Waals surface area (Å²) in [5, 5.41) is 42.2. The van der Waals surface area contributed by atoms with Gasteiger partial charge in [-0.15, -0.1) is 0 Å². The molecule has 19 heavy (non-hydrogen) atoms. The van der Waals surface area contributed by atoms with Gasteiger partial charge in [0.2, 0.25) is 0 Å². The molecule has 7 nitrogen and oxygen atoms in total. The number of aliphatic hydroxyl groups is 1. The number of aromatic hydroxyl groups is 2. The van der Waals surface area contributed by atoms with Gasteiger partial charge in [-0.05, 0) is 24.1 Å². The maximum atomic E-state index is 9.64. The molecule has 0 unspecified atom stereocenters. The van der Waals surface area contributed by atoms with Gasteiger partial charge in [0.1, 0.15) is 0 Å². The number of phenols is 2. The van der Waals surface area contributed by atoms with E-state index in [0.717, 1.165) is 5.56 Å². The highest BCUT2D eigenvalue weighted by molar-refractivity contribution is 5.75. The van der Waals surface area contributed by atoms with Crippen LogP contribution in [0.4, 0.5) is 0 Å². The lowest BCUT2D eigenvalue weighted by Crippen LogP contribution is -2.00. The minimum absolute atomic E-state index is 0.0458. The van der Waals surface area contributed by atoms with Crippen molar-refractivity contribution in [3.63, 3.8) is 0 Å². The maximum absolute atomic E-state index is 9.64. The van der Waals surface area contributed by atoms with Crippen molar-refractivity contribution < 1.29 is 35.1 Å². The van der Waals surface area contributed by atoms with Crippen LogP contribution in [0.5, 0.6) is 11.5 Å². The number of carbonyl (C=O) groups is 2. The molecule has 0 aliphatic heterocycles. The first-order valence-corrected chi connectivity index (χ1v) is 5.42. The molecule has 0 bridgehead atoms. The van der Waals surface area contributed by atoms with Crippen LogP contribution in [-0.2, 0) is 16.0 Å². The van der Waals surface area contributed by atoms with Crippen molar-refractivity contribution in [3.05, 3.63) is 23.8 Å². The minimum Gasteiger partial charge on any atom is -0.504 e. The molecule has 0 heterocycles. The van der Waals surface area contributed by atoms with Gasteiger partial charge in [0, 0.05) is 6.61 Å². The number of carboxylic acids is 2. The number of aliphatic hydroxyl groups excluding tert-OH is 1. The lowest BCUT2D eigenvalue weighted by molar-refractivity contribution is -0.143. The zero-order valence-corrected chi connectivity index (χ0v) is 10.1. The van der Waals surface area contributed by atoms with Crippen molar-refractivity contribution in [1.82, 2.24) is 0 Å². The predicted octanol–water partition coefficient (Wildman–Crippen LogP) is 0.568. The average Bonchev–Trinajstić information content (AvgIpc) is 2.32. The summed E-state index contributed by atoms with van der Waals surface area (Å²) in [6, 6.07) is 4.50. The van der Waals surface area contributed by atoms with Crippen LogP contribution in [-0.4, -0.2) is 44.1 Å². The number of phenolic OH excluding ortho intramolecular Hbond substituents is 2. The van der Waals surface area contributed by atoms with E-state index in [4.69, 9.17) is 25.5 Å². The summed E-state index contributed by atoms with van der Waals surface area (Å²) in [4.78, 5) is 19.3. The highest BCUT2D eigenvalue weighted by Crippen LogP contribution is 2.24. The molecule has 0 aromatic heterocycles. The Labute approximate surface area is 109 Å². The Balaban J connectivity index is 0.000000362. The molecule has 0 aliphatic carbocycles. The third kappa shape index (κ3) is 8.44. The lowest BCUT2D eigenvalue weighted by Gasteiger charge is -2.00. The number of carboxylic acid groups (broad SMARTS) is 2. The second kappa shape index (κ2) is 8.76. The molecule has 0 saturated carbocycles. The van der Waals surface area contributed by atoms with Gasteiger partial charge in [-0.25, -0.2) is 0 Å². The van der Waals surface area contributed by atoms with Gasteiger partial charge in [0.05, 0.1) is 12.8 Å². The summed E-state index contributed by atoms with van der Waals surface area (Å²) in [6.45, 7) is 0.0458. The van der Waals surface area contributed by atoms with Crippen molar-refractivity contribution in [1.29, 1.82) is 0 Å². The van der Waals surface area contributed by atoms with E-state index < -0.39 is 11.9 Å². The average molecular weight is 272 g/mol. The van der Waals surface area contributed by atoms with Crippen LogP contribution >= 0.6 is 0 Å². The topological polar surface area (TPSA) is 135 Å². The van der Waals surface area contributed by atoms with Gasteiger partial charge in [-0.2, -0.15) is 0 Å². The maximum Gasteiger partial charge on any atom is 0.303 e. The standard InChI is InChI=1S/C8H10O3.C4H6O4/c9-4-3-6-1-2-7(10)8(11)5-6;5-3(6)1-2-4(7)8/h1-2,5,9-11H,3-4H2;1-2H2,(H,5,6)(H,7,8). The molecule has 0 spiro atoms. The van der Waals surface area contributed by atoms with E-state index >= 15 is 0 Å². The normalized spacial score (nSPS) is 9.32. The molecule has 1 rings (SSSR count). The summed E-state index contributed by atoms with van der Waals surface area (Å²) in [7, 11) is 0. The fraction of sp³-hybridized carbons (Fsp3) is 0.333. The molecule has 0 aliphatic rings. The van der Waals surface area contributed by atoms with E-state index in [1.807, 2.05) is 0 Å². The van der Waals surface area contributed by atoms with E-state index in [9.17, 15) is 9.59 Å². The van der Waals surface area contributed by atoms with E-state index in [1.165, 1.54) is 12.1 Å². The molecule has 7 heteroatoms. The molecular formula is C12H16O7. The molecule has 0 fully saturated rings. The van der Waals surface area contributed by atoms with Crippen LogP contribution in [0.3, 0.4) is 0 Å². The van der Waals surface area contributed by atoms with Gasteiger partial charge < -0.3 is 25.5 Å². The van der Waals surface area contributed by atoms with E-state index in [2.05, 4.69) is 0 Å². The van der Waals surface area contributed by atoms with Gasteiger partial charge >= 0.3 is 11.9 Å². The molecule has 0 saturated heterocycles. The largest absolute Gasteiger partial charge is 0.504 e. The van der Waals surface area contributed by atoms with E-state index in [1.54, 1.807) is 6.07 Å². The van der Waals surface area contributed by atoms with Crippen LogP contribution in [0, 0.1) is 0 Å². The fourth-order valence-electron chi connectivity index (χ4n) is 1.07. The quantitative estimate of drug-likeness (QED) is 0.494. The Kier molecular flexibility index (Phi) is 7.71. The smallest absolute Gasteiger partial charge is 0.303 e. The minimum atomic E-state index is -1.08. The zero-order valence-electron chi connectivity index (χ0n) is 10.1. The second-order valence-electron chi connectivity index (χ2n) is 3.58. The third-order valence-electron chi connectivity index (χ3n) is 1.99. The number of hydrogen-bond donors (Lipinski definition) is 5. The Hall–Kier alpha value is -2.28. The molecule has 1 aromatic carbocycles. The highest BCUT2D eigenvalue weighted by Gasteiger charge is 2.00. The number of hydrogen-bond acceptors (Lipinski definition) is 5. The Morgan fingerprint density at radius 2 is 1.47 bits per heavy atom. The molecule has 0 atom stereocenters. The van der Waals surface area contributed by atoms with Crippen LogP contribution in [0.25, 0.3) is 0 Å². The van der Waals surface area contributed by atoms with Crippen molar-refractivity contribution >= 4 is 11.9 Å².